The number of nitrogens with zero attached hydrogens (tertiary/aromatic N) is 7. The molecule has 0 aliphatic carbocycles. The van der Waals surface area contributed by atoms with Gasteiger partial charge in [0.15, 0.2) is 0 Å². The van der Waals surface area contributed by atoms with Gasteiger partial charge in [-0.05, 0) is 18.3 Å². The molecule has 1 atom stereocenters. The lowest BCUT2D eigenvalue weighted by Crippen LogP contribution is -2.37. The van der Waals surface area contributed by atoms with E-state index in [9.17, 15) is 18.0 Å². The van der Waals surface area contributed by atoms with Crippen molar-refractivity contribution < 1.29 is 18.0 Å². The Labute approximate surface area is 172 Å². The number of unbranched alkanes of at least 4 members (excludes halogenated alkanes) is 1. The molecular formula is C18H21BF3N7O. The second kappa shape index (κ2) is 9.64. The third-order valence-corrected chi connectivity index (χ3v) is 4.65. The van der Waals surface area contributed by atoms with Crippen LogP contribution in [0.5, 0.6) is 0 Å². The summed E-state index contributed by atoms with van der Waals surface area (Å²) in [4.78, 5) is 30.2. The summed E-state index contributed by atoms with van der Waals surface area (Å²) < 4.78 is 40.6. The lowest BCUT2D eigenvalue weighted by Gasteiger charge is -2.26. The van der Waals surface area contributed by atoms with Crippen LogP contribution in [0.1, 0.15) is 59.6 Å². The molecule has 0 N–H and O–H groups in total. The highest BCUT2D eigenvalue weighted by Gasteiger charge is 2.23. The van der Waals surface area contributed by atoms with Gasteiger partial charge in [-0.2, -0.15) is 10.1 Å². The summed E-state index contributed by atoms with van der Waals surface area (Å²) in [6.07, 6.45) is 2.59. The Kier molecular flexibility index (Phi) is 6.96. The van der Waals surface area contributed by atoms with Gasteiger partial charge < -0.3 is 4.90 Å². The molecule has 0 spiro atoms. The van der Waals surface area contributed by atoms with Crippen molar-refractivity contribution >= 4 is 19.5 Å². The molecule has 0 saturated carbocycles. The lowest BCUT2D eigenvalue weighted by atomic mass is 9.83. The van der Waals surface area contributed by atoms with Crippen molar-refractivity contribution in [1.82, 2.24) is 34.4 Å². The number of amides is 1. The Balaban J connectivity index is 1.88. The average molecular weight is 419 g/mol. The van der Waals surface area contributed by atoms with Crippen molar-refractivity contribution in [3.63, 3.8) is 0 Å². The maximum atomic E-state index is 13.3. The maximum Gasteiger partial charge on any atom is 0.280 e. The van der Waals surface area contributed by atoms with E-state index >= 15 is 0 Å². The van der Waals surface area contributed by atoms with E-state index in [0.717, 1.165) is 12.8 Å². The van der Waals surface area contributed by atoms with E-state index in [1.165, 1.54) is 29.3 Å². The molecule has 8 nitrogen and oxygen atoms in total. The number of hydrogen-bond donors (Lipinski definition) is 0. The molecular weight excluding hydrogens is 398 g/mol. The average Bonchev–Trinajstić information content (AvgIpc) is 3.24. The molecule has 0 aliphatic rings. The van der Waals surface area contributed by atoms with Crippen LogP contribution in [-0.2, 0) is 6.67 Å². The molecule has 3 aromatic heterocycles. The fourth-order valence-electron chi connectivity index (χ4n) is 3.06. The summed E-state index contributed by atoms with van der Waals surface area (Å²) in [5, 5.41) is 4.07. The minimum Gasteiger partial charge on any atom is -0.337 e. The molecule has 0 aliphatic heterocycles. The molecule has 1 amide bonds. The van der Waals surface area contributed by atoms with Crippen LogP contribution < -0.4 is 0 Å². The van der Waals surface area contributed by atoms with Gasteiger partial charge in [-0.3, -0.25) is 9.78 Å². The fraction of sp³-hybridized carbons (Fsp3) is 0.444. The molecule has 0 radical (unpaired) electrons. The minimum atomic E-state index is -2.75. The second-order valence-corrected chi connectivity index (χ2v) is 6.91. The summed E-state index contributed by atoms with van der Waals surface area (Å²) in [5.41, 5.74) is 0.326. The van der Waals surface area contributed by atoms with Gasteiger partial charge in [0.05, 0.1) is 18.1 Å². The van der Waals surface area contributed by atoms with Crippen molar-refractivity contribution in [2.45, 2.75) is 38.7 Å². The van der Waals surface area contributed by atoms with Gasteiger partial charge in [0.2, 0.25) is 0 Å². The van der Waals surface area contributed by atoms with Crippen LogP contribution in [0.25, 0.3) is 5.78 Å². The van der Waals surface area contributed by atoms with Gasteiger partial charge in [0.25, 0.3) is 18.1 Å². The Bertz CT molecular complexity index is 999. The topological polar surface area (TPSA) is 89.2 Å². The molecule has 3 aromatic rings. The minimum absolute atomic E-state index is 0.0776. The molecule has 0 aromatic carbocycles. The van der Waals surface area contributed by atoms with Gasteiger partial charge in [0.1, 0.15) is 32.2 Å². The van der Waals surface area contributed by atoms with Crippen molar-refractivity contribution in [3.8, 4) is 0 Å². The summed E-state index contributed by atoms with van der Waals surface area (Å²) in [6.45, 7) is 1.94. The maximum absolute atomic E-state index is 13.3. The van der Waals surface area contributed by atoms with Crippen molar-refractivity contribution in [2.24, 2.45) is 0 Å². The molecule has 0 fully saturated rings. The van der Waals surface area contributed by atoms with Crippen molar-refractivity contribution in [1.29, 1.82) is 0 Å². The third-order valence-electron chi connectivity index (χ3n) is 4.65. The van der Waals surface area contributed by atoms with Gasteiger partial charge in [-0.25, -0.2) is 27.7 Å². The van der Waals surface area contributed by atoms with Crippen LogP contribution >= 0.6 is 0 Å². The smallest absolute Gasteiger partial charge is 0.280 e. The van der Waals surface area contributed by atoms with Crippen LogP contribution in [0.15, 0.2) is 24.8 Å². The normalized spacial score (nSPS) is 12.4. The Hall–Kier alpha value is -3.05. The zero-order valence-electron chi connectivity index (χ0n) is 16.7. The number of carbonyl (C=O) groups excluding carboxylic acids is 1. The number of rotatable bonds is 9. The zero-order valence-corrected chi connectivity index (χ0v) is 16.7. The van der Waals surface area contributed by atoms with Crippen LogP contribution in [0.3, 0.4) is 0 Å². The number of fused-ring (bicyclic) bond motifs is 1. The quantitative estimate of drug-likeness (QED) is 0.493. The Morgan fingerprint density at radius 3 is 2.70 bits per heavy atom. The number of aromatic nitrogens is 6. The Morgan fingerprint density at radius 1 is 1.27 bits per heavy atom. The van der Waals surface area contributed by atoms with Crippen molar-refractivity contribution in [3.05, 3.63) is 47.6 Å². The number of halogens is 3. The molecule has 30 heavy (non-hydrogen) atoms. The van der Waals surface area contributed by atoms with Crippen LogP contribution in [0.2, 0.25) is 0 Å². The predicted molar refractivity (Wildman–Crippen MR) is 105 cm³/mol. The first-order valence-electron chi connectivity index (χ1n) is 9.59. The van der Waals surface area contributed by atoms with E-state index in [4.69, 9.17) is 0 Å². The highest BCUT2D eigenvalue weighted by Crippen LogP contribution is 2.22. The lowest BCUT2D eigenvalue weighted by molar-refractivity contribution is 0.0745. The van der Waals surface area contributed by atoms with E-state index in [0.29, 0.717) is 12.2 Å². The number of alkyl halides is 3. The van der Waals surface area contributed by atoms with Gasteiger partial charge >= 0.3 is 0 Å². The molecule has 158 valence electrons. The first kappa shape index (κ1) is 21.7. The summed E-state index contributed by atoms with van der Waals surface area (Å²) >= 11 is 0. The largest absolute Gasteiger partial charge is 0.337 e. The highest BCUT2D eigenvalue weighted by atomic mass is 19.3. The van der Waals surface area contributed by atoms with Gasteiger partial charge in [-0.15, -0.1) is 0 Å². The van der Waals surface area contributed by atoms with E-state index < -0.39 is 18.8 Å². The molecule has 0 unspecified atom stereocenters. The molecule has 3 heterocycles. The van der Waals surface area contributed by atoms with Crippen molar-refractivity contribution in [2.75, 3.05) is 13.1 Å². The van der Waals surface area contributed by atoms with Crippen LogP contribution in [0.4, 0.5) is 13.2 Å². The molecule has 0 bridgehead atoms. The third kappa shape index (κ3) is 4.74. The standard InChI is InChI=1S/C18H21BF3N7O/c1-2-3-4-28(17(30)14-8-23-11(6-20)7-24-14)9-12(19)15-5-13(16(21)22)27-18-25-10-26-29(15)18/h5,7-8,10,12,16H,2-4,6,9,19H2,1H3/t12-/m0/s1. The predicted octanol–water partition coefficient (Wildman–Crippen LogP) is 1.94. The van der Waals surface area contributed by atoms with Crippen LogP contribution in [0, 0.1) is 0 Å². The van der Waals surface area contributed by atoms with E-state index in [1.807, 2.05) is 14.8 Å². The highest BCUT2D eigenvalue weighted by molar-refractivity contribution is 6.12. The van der Waals surface area contributed by atoms with E-state index in [-0.39, 0.29) is 35.4 Å². The zero-order chi connectivity index (χ0) is 21.7. The summed E-state index contributed by atoms with van der Waals surface area (Å²) in [5.74, 6) is -0.617. The van der Waals surface area contributed by atoms with Gasteiger partial charge in [0, 0.05) is 18.8 Å². The summed E-state index contributed by atoms with van der Waals surface area (Å²) in [7, 11) is 1.82. The Morgan fingerprint density at radius 2 is 2.07 bits per heavy atom. The number of carbonyl (C=O) groups is 1. The first-order valence-corrected chi connectivity index (χ1v) is 9.59. The number of hydrogen-bond acceptors (Lipinski definition) is 6. The second-order valence-electron chi connectivity index (χ2n) is 6.91. The molecule has 0 saturated heterocycles. The van der Waals surface area contributed by atoms with E-state index in [2.05, 4.69) is 25.0 Å². The SMILES string of the molecule is B[C@@H](CN(CCCC)C(=O)c1cnc(CF)cn1)c1cc(C(F)F)nc2ncnn12. The van der Waals surface area contributed by atoms with Gasteiger partial charge in [-0.1, -0.05) is 13.3 Å². The van der Waals surface area contributed by atoms with E-state index in [1.54, 1.807) is 4.90 Å². The molecule has 12 heteroatoms. The summed E-state index contributed by atoms with van der Waals surface area (Å²) in [6, 6.07) is 1.29. The fourth-order valence-corrected chi connectivity index (χ4v) is 3.06. The monoisotopic (exact) mass is 419 g/mol. The van der Waals surface area contributed by atoms with Crippen LogP contribution in [-0.4, -0.2) is 61.3 Å². The molecule has 3 rings (SSSR count). The first-order chi connectivity index (χ1) is 14.4.